The molecule has 0 radical (unpaired) electrons. The highest BCUT2D eigenvalue weighted by Gasteiger charge is 2.28. The van der Waals surface area contributed by atoms with Crippen LogP contribution in [0.3, 0.4) is 0 Å². The molecule has 0 aromatic heterocycles. The molecule has 1 aromatic carbocycles. The maximum Gasteiger partial charge on any atom is 0.307 e. The standard InChI is InChI=1S/C13H18N2O4S/c14-11-2-1-7-15(9-11)20(18,19)12-5-3-10(4-6-12)8-13(16)17/h3-6,11H,1-2,7-9,14H2,(H,16,17). The highest BCUT2D eigenvalue weighted by atomic mass is 32.2. The third-order valence-corrected chi connectivity index (χ3v) is 5.22. The van der Waals surface area contributed by atoms with E-state index in [0.29, 0.717) is 18.7 Å². The second-order valence-electron chi connectivity index (χ2n) is 4.98. The van der Waals surface area contributed by atoms with Crippen LogP contribution >= 0.6 is 0 Å². The Morgan fingerprint density at radius 3 is 2.55 bits per heavy atom. The molecule has 1 heterocycles. The topological polar surface area (TPSA) is 101 Å². The number of benzene rings is 1. The van der Waals surface area contributed by atoms with Crippen LogP contribution in [0.2, 0.25) is 0 Å². The van der Waals surface area contributed by atoms with Crippen molar-refractivity contribution in [1.29, 1.82) is 0 Å². The van der Waals surface area contributed by atoms with Crippen LogP contribution in [0, 0.1) is 0 Å². The lowest BCUT2D eigenvalue weighted by atomic mass is 10.1. The summed E-state index contributed by atoms with van der Waals surface area (Å²) in [5.41, 5.74) is 6.38. The molecule has 6 nitrogen and oxygen atoms in total. The van der Waals surface area contributed by atoms with Crippen molar-refractivity contribution in [1.82, 2.24) is 4.31 Å². The van der Waals surface area contributed by atoms with Crippen LogP contribution in [0.25, 0.3) is 0 Å². The van der Waals surface area contributed by atoms with Crippen molar-refractivity contribution in [3.05, 3.63) is 29.8 Å². The zero-order chi connectivity index (χ0) is 14.8. The van der Waals surface area contributed by atoms with Crippen molar-refractivity contribution in [2.75, 3.05) is 13.1 Å². The Labute approximate surface area is 118 Å². The predicted octanol–water partition coefficient (Wildman–Crippen LogP) is 0.425. The van der Waals surface area contributed by atoms with Crippen LogP contribution in [-0.2, 0) is 21.2 Å². The maximum atomic E-state index is 12.4. The average molecular weight is 298 g/mol. The number of hydrogen-bond acceptors (Lipinski definition) is 4. The zero-order valence-electron chi connectivity index (χ0n) is 11.0. The number of aliphatic carboxylic acids is 1. The van der Waals surface area contributed by atoms with E-state index in [1.54, 1.807) is 0 Å². The summed E-state index contributed by atoms with van der Waals surface area (Å²) in [7, 11) is -3.53. The first-order valence-corrected chi connectivity index (χ1v) is 7.90. The lowest BCUT2D eigenvalue weighted by Crippen LogP contribution is -2.45. The first kappa shape index (κ1) is 15.0. The number of piperidine rings is 1. The summed E-state index contributed by atoms with van der Waals surface area (Å²) in [6, 6.07) is 5.85. The molecule has 7 heteroatoms. The fourth-order valence-electron chi connectivity index (χ4n) is 2.30. The highest BCUT2D eigenvalue weighted by molar-refractivity contribution is 7.89. The third-order valence-electron chi connectivity index (χ3n) is 3.34. The van der Waals surface area contributed by atoms with Gasteiger partial charge in [0, 0.05) is 19.1 Å². The minimum Gasteiger partial charge on any atom is -0.481 e. The molecule has 1 aliphatic rings. The van der Waals surface area contributed by atoms with Gasteiger partial charge in [0.05, 0.1) is 11.3 Å². The molecule has 1 atom stereocenters. The highest BCUT2D eigenvalue weighted by Crippen LogP contribution is 2.20. The smallest absolute Gasteiger partial charge is 0.307 e. The fourth-order valence-corrected chi connectivity index (χ4v) is 3.83. The van der Waals surface area contributed by atoms with Gasteiger partial charge in [-0.25, -0.2) is 8.42 Å². The Kier molecular flexibility index (Phi) is 4.42. The number of carboxylic acid groups (broad SMARTS) is 1. The van der Waals surface area contributed by atoms with Crippen LogP contribution in [-0.4, -0.2) is 42.9 Å². The van der Waals surface area contributed by atoms with Crippen LogP contribution in [0.4, 0.5) is 0 Å². The molecule has 3 N–H and O–H groups in total. The molecule has 0 saturated carbocycles. The summed E-state index contributed by atoms with van der Waals surface area (Å²) in [6.07, 6.45) is 1.48. The first-order valence-electron chi connectivity index (χ1n) is 6.46. The molecule has 110 valence electrons. The quantitative estimate of drug-likeness (QED) is 0.839. The molecule has 1 unspecified atom stereocenters. The summed E-state index contributed by atoms with van der Waals surface area (Å²) in [5, 5.41) is 8.69. The number of sulfonamides is 1. The van der Waals surface area contributed by atoms with Gasteiger partial charge in [-0.15, -0.1) is 0 Å². The molecule has 1 aromatic rings. The van der Waals surface area contributed by atoms with Gasteiger partial charge in [0.1, 0.15) is 0 Å². The van der Waals surface area contributed by atoms with Gasteiger partial charge in [-0.3, -0.25) is 4.79 Å². The molecule has 2 rings (SSSR count). The zero-order valence-corrected chi connectivity index (χ0v) is 11.8. The Morgan fingerprint density at radius 1 is 1.35 bits per heavy atom. The Morgan fingerprint density at radius 2 is 2.00 bits per heavy atom. The van der Waals surface area contributed by atoms with E-state index in [2.05, 4.69) is 0 Å². The monoisotopic (exact) mass is 298 g/mol. The van der Waals surface area contributed by atoms with Crippen LogP contribution in [0.5, 0.6) is 0 Å². The van der Waals surface area contributed by atoms with E-state index < -0.39 is 16.0 Å². The summed E-state index contributed by atoms with van der Waals surface area (Å²) in [6.45, 7) is 0.812. The lowest BCUT2D eigenvalue weighted by Gasteiger charge is -2.29. The van der Waals surface area contributed by atoms with E-state index in [1.807, 2.05) is 0 Å². The van der Waals surface area contributed by atoms with Crippen molar-refractivity contribution < 1.29 is 18.3 Å². The Hall–Kier alpha value is -1.44. The Balaban J connectivity index is 2.19. The minimum absolute atomic E-state index is 0.116. The number of hydrogen-bond donors (Lipinski definition) is 2. The molecular weight excluding hydrogens is 280 g/mol. The van der Waals surface area contributed by atoms with Gasteiger partial charge >= 0.3 is 5.97 Å². The van der Waals surface area contributed by atoms with E-state index in [1.165, 1.54) is 28.6 Å². The van der Waals surface area contributed by atoms with E-state index in [0.717, 1.165) is 12.8 Å². The summed E-state index contributed by atoms with van der Waals surface area (Å²) >= 11 is 0. The fraction of sp³-hybridized carbons (Fsp3) is 0.462. The molecule has 20 heavy (non-hydrogen) atoms. The lowest BCUT2D eigenvalue weighted by molar-refractivity contribution is -0.136. The predicted molar refractivity (Wildman–Crippen MR) is 73.8 cm³/mol. The number of nitrogens with zero attached hydrogens (tertiary/aromatic N) is 1. The Bertz CT molecular complexity index is 583. The average Bonchev–Trinajstić information content (AvgIpc) is 2.38. The summed E-state index contributed by atoms with van der Waals surface area (Å²) in [4.78, 5) is 10.8. The first-order chi connectivity index (χ1) is 9.39. The van der Waals surface area contributed by atoms with Gasteiger partial charge in [0.2, 0.25) is 10.0 Å². The van der Waals surface area contributed by atoms with E-state index >= 15 is 0 Å². The molecule has 0 bridgehead atoms. The number of carboxylic acids is 1. The van der Waals surface area contributed by atoms with Gasteiger partial charge in [-0.05, 0) is 30.5 Å². The van der Waals surface area contributed by atoms with Crippen molar-refractivity contribution >= 4 is 16.0 Å². The third kappa shape index (κ3) is 3.36. The maximum absolute atomic E-state index is 12.4. The van der Waals surface area contributed by atoms with Gasteiger partial charge in [-0.1, -0.05) is 12.1 Å². The largest absolute Gasteiger partial charge is 0.481 e. The molecule has 1 fully saturated rings. The minimum atomic E-state index is -3.53. The SMILES string of the molecule is NC1CCCN(S(=O)(=O)c2ccc(CC(=O)O)cc2)C1. The summed E-state index contributed by atoms with van der Waals surface area (Å²) in [5.74, 6) is -0.942. The van der Waals surface area contributed by atoms with E-state index in [4.69, 9.17) is 10.8 Å². The molecule has 1 aliphatic heterocycles. The van der Waals surface area contributed by atoms with Gasteiger partial charge < -0.3 is 10.8 Å². The molecular formula is C13H18N2O4S. The van der Waals surface area contributed by atoms with Crippen LogP contribution < -0.4 is 5.73 Å². The molecule has 0 aliphatic carbocycles. The normalized spacial score (nSPS) is 20.8. The second kappa shape index (κ2) is 5.90. The van der Waals surface area contributed by atoms with Crippen molar-refractivity contribution in [2.45, 2.75) is 30.2 Å². The summed E-state index contributed by atoms with van der Waals surface area (Å²) < 4.78 is 26.2. The molecule has 0 amide bonds. The number of nitrogens with two attached hydrogens (primary N) is 1. The van der Waals surface area contributed by atoms with Crippen molar-refractivity contribution in [3.63, 3.8) is 0 Å². The molecule has 0 spiro atoms. The van der Waals surface area contributed by atoms with Crippen molar-refractivity contribution in [2.24, 2.45) is 5.73 Å². The van der Waals surface area contributed by atoms with E-state index in [9.17, 15) is 13.2 Å². The van der Waals surface area contributed by atoms with Crippen LogP contribution in [0.1, 0.15) is 18.4 Å². The number of rotatable bonds is 4. The van der Waals surface area contributed by atoms with E-state index in [-0.39, 0.29) is 17.4 Å². The molecule has 1 saturated heterocycles. The van der Waals surface area contributed by atoms with Gasteiger partial charge in [-0.2, -0.15) is 4.31 Å². The number of carbonyl (C=O) groups is 1. The van der Waals surface area contributed by atoms with Crippen LogP contribution in [0.15, 0.2) is 29.2 Å². The van der Waals surface area contributed by atoms with Gasteiger partial charge in [0.15, 0.2) is 0 Å². The van der Waals surface area contributed by atoms with Crippen molar-refractivity contribution in [3.8, 4) is 0 Å². The second-order valence-corrected chi connectivity index (χ2v) is 6.92. The van der Waals surface area contributed by atoms with Gasteiger partial charge in [0.25, 0.3) is 0 Å².